The van der Waals surface area contributed by atoms with Crippen LogP contribution in [0.25, 0.3) is 0 Å². The summed E-state index contributed by atoms with van der Waals surface area (Å²) in [6, 6.07) is 0. The topological polar surface area (TPSA) is 20.2 Å². The SMILES string of the molecule is C[C@]12C=C[C@]3(CC[C@@H]4[C@@](C)(CO)CCC[C@@]4(C)[C@@H]3CC1)C2. The van der Waals surface area contributed by atoms with Crippen LogP contribution in [-0.2, 0) is 0 Å². The summed E-state index contributed by atoms with van der Waals surface area (Å²) in [5.41, 5.74) is 1.64. The van der Waals surface area contributed by atoms with Gasteiger partial charge in [0.25, 0.3) is 0 Å². The summed E-state index contributed by atoms with van der Waals surface area (Å²) < 4.78 is 0. The molecule has 1 spiro atoms. The molecular weight excluding hydrogens is 256 g/mol. The Balaban J connectivity index is 1.74. The fourth-order valence-electron chi connectivity index (χ4n) is 7.46. The van der Waals surface area contributed by atoms with Crippen molar-refractivity contribution in [3.8, 4) is 0 Å². The summed E-state index contributed by atoms with van der Waals surface area (Å²) in [7, 11) is 0. The van der Waals surface area contributed by atoms with Gasteiger partial charge in [-0.05, 0) is 78.4 Å². The van der Waals surface area contributed by atoms with Crippen LogP contribution in [0.15, 0.2) is 12.2 Å². The van der Waals surface area contributed by atoms with Crippen LogP contribution >= 0.6 is 0 Å². The van der Waals surface area contributed by atoms with Crippen molar-refractivity contribution in [2.45, 2.75) is 72.1 Å². The third kappa shape index (κ3) is 1.73. The van der Waals surface area contributed by atoms with Gasteiger partial charge < -0.3 is 5.11 Å². The molecule has 6 atom stereocenters. The number of fused-ring (bicyclic) bond motifs is 3. The van der Waals surface area contributed by atoms with E-state index in [2.05, 4.69) is 32.9 Å². The Morgan fingerprint density at radius 2 is 1.71 bits per heavy atom. The van der Waals surface area contributed by atoms with Gasteiger partial charge in [0.05, 0.1) is 0 Å². The molecule has 4 aliphatic carbocycles. The summed E-state index contributed by atoms with van der Waals surface area (Å²) >= 11 is 0. The smallest absolute Gasteiger partial charge is 0.0487 e. The molecule has 0 aliphatic heterocycles. The molecule has 0 saturated heterocycles. The molecule has 4 rings (SSSR count). The lowest BCUT2D eigenvalue weighted by molar-refractivity contribution is -0.154. The molecule has 0 radical (unpaired) electrons. The highest BCUT2D eigenvalue weighted by atomic mass is 16.3. The minimum Gasteiger partial charge on any atom is -0.396 e. The number of rotatable bonds is 1. The molecule has 0 aromatic rings. The maximum absolute atomic E-state index is 10.1. The van der Waals surface area contributed by atoms with Crippen molar-refractivity contribution in [3.05, 3.63) is 12.2 Å². The molecule has 4 aliphatic rings. The molecule has 1 N–H and O–H groups in total. The van der Waals surface area contributed by atoms with Gasteiger partial charge in [-0.3, -0.25) is 0 Å². The van der Waals surface area contributed by atoms with Gasteiger partial charge in [0.2, 0.25) is 0 Å². The van der Waals surface area contributed by atoms with Crippen molar-refractivity contribution in [1.29, 1.82) is 0 Å². The first-order valence-electron chi connectivity index (χ1n) is 9.17. The van der Waals surface area contributed by atoms with Crippen molar-refractivity contribution in [2.75, 3.05) is 6.61 Å². The Labute approximate surface area is 130 Å². The monoisotopic (exact) mass is 288 g/mol. The molecule has 0 amide bonds. The van der Waals surface area contributed by atoms with Gasteiger partial charge in [-0.1, -0.05) is 39.3 Å². The molecule has 3 fully saturated rings. The fourth-order valence-corrected chi connectivity index (χ4v) is 7.46. The van der Waals surface area contributed by atoms with Crippen LogP contribution in [0, 0.1) is 33.5 Å². The average molecular weight is 288 g/mol. The van der Waals surface area contributed by atoms with Gasteiger partial charge in [0, 0.05) is 6.61 Å². The summed E-state index contributed by atoms with van der Waals surface area (Å²) in [5.74, 6) is 1.60. The van der Waals surface area contributed by atoms with E-state index in [0.29, 0.717) is 22.9 Å². The minimum atomic E-state index is 0.178. The highest BCUT2D eigenvalue weighted by molar-refractivity contribution is 5.25. The Hall–Kier alpha value is -0.300. The highest BCUT2D eigenvalue weighted by Gasteiger charge is 2.63. The lowest BCUT2D eigenvalue weighted by Crippen LogP contribution is -2.57. The molecule has 3 saturated carbocycles. The van der Waals surface area contributed by atoms with E-state index in [4.69, 9.17) is 0 Å². The van der Waals surface area contributed by atoms with Crippen LogP contribution in [0.5, 0.6) is 0 Å². The van der Waals surface area contributed by atoms with Crippen LogP contribution in [0.4, 0.5) is 0 Å². The zero-order valence-corrected chi connectivity index (χ0v) is 14.1. The maximum Gasteiger partial charge on any atom is 0.0487 e. The van der Waals surface area contributed by atoms with Gasteiger partial charge in [0.15, 0.2) is 0 Å². The Morgan fingerprint density at radius 1 is 0.952 bits per heavy atom. The molecule has 0 unspecified atom stereocenters. The van der Waals surface area contributed by atoms with E-state index >= 15 is 0 Å². The second kappa shape index (κ2) is 4.16. The summed E-state index contributed by atoms with van der Waals surface area (Å²) in [5, 5.41) is 10.1. The van der Waals surface area contributed by atoms with E-state index in [0.717, 1.165) is 11.8 Å². The van der Waals surface area contributed by atoms with Crippen LogP contribution in [0.1, 0.15) is 72.1 Å². The third-order valence-corrected chi connectivity index (χ3v) is 8.41. The van der Waals surface area contributed by atoms with E-state index in [1.54, 1.807) is 0 Å². The number of hydrogen-bond acceptors (Lipinski definition) is 1. The third-order valence-electron chi connectivity index (χ3n) is 8.41. The van der Waals surface area contributed by atoms with Gasteiger partial charge in [-0.2, -0.15) is 0 Å². The maximum atomic E-state index is 10.1. The summed E-state index contributed by atoms with van der Waals surface area (Å²) in [4.78, 5) is 0. The van der Waals surface area contributed by atoms with Gasteiger partial charge in [-0.25, -0.2) is 0 Å². The molecule has 1 heteroatoms. The van der Waals surface area contributed by atoms with Crippen LogP contribution in [0.3, 0.4) is 0 Å². The van der Waals surface area contributed by atoms with Gasteiger partial charge in [0.1, 0.15) is 0 Å². The number of hydrogen-bond donors (Lipinski definition) is 1. The minimum absolute atomic E-state index is 0.178. The van der Waals surface area contributed by atoms with Gasteiger partial charge >= 0.3 is 0 Å². The second-order valence-electron chi connectivity index (χ2n) is 9.75. The van der Waals surface area contributed by atoms with Crippen molar-refractivity contribution >= 4 is 0 Å². The summed E-state index contributed by atoms with van der Waals surface area (Å²) in [6.07, 6.45) is 16.1. The quantitative estimate of drug-likeness (QED) is 0.677. The number of aliphatic hydroxyl groups excluding tert-OH is 1. The average Bonchev–Trinajstić information content (AvgIpc) is 2.69. The zero-order chi connectivity index (χ0) is 14.9. The lowest BCUT2D eigenvalue weighted by Gasteiger charge is -2.64. The number of allylic oxidation sites excluding steroid dienone is 2. The van der Waals surface area contributed by atoms with E-state index in [1.807, 2.05) is 0 Å². The van der Waals surface area contributed by atoms with E-state index in [-0.39, 0.29) is 5.41 Å². The number of aliphatic hydroxyl groups is 1. The Bertz CT molecular complexity index is 482. The van der Waals surface area contributed by atoms with Crippen LogP contribution in [-0.4, -0.2) is 11.7 Å². The molecule has 0 aromatic carbocycles. The molecule has 2 bridgehead atoms. The van der Waals surface area contributed by atoms with E-state index < -0.39 is 0 Å². The standard InChI is InChI=1S/C20H32O/c1-17-9-5-16-19(3)8-4-7-18(2,14-21)15(19)6-10-20(16,13-17)12-11-17/h11-12,15-16,21H,4-10,13-14H2,1-3H3/t15-,16+,17-,18-,19-,20-/m1/s1. The Kier molecular flexibility index (Phi) is 2.83. The molecule has 118 valence electrons. The first-order valence-corrected chi connectivity index (χ1v) is 9.17. The first-order chi connectivity index (χ1) is 9.86. The molecular formula is C20H32O. The molecule has 1 nitrogen and oxygen atoms in total. The fraction of sp³-hybridized carbons (Fsp3) is 0.900. The van der Waals surface area contributed by atoms with Crippen molar-refractivity contribution in [3.63, 3.8) is 0 Å². The van der Waals surface area contributed by atoms with Crippen LogP contribution < -0.4 is 0 Å². The van der Waals surface area contributed by atoms with Crippen molar-refractivity contribution < 1.29 is 5.11 Å². The normalized spacial score (nSPS) is 58.7. The van der Waals surface area contributed by atoms with E-state index in [1.165, 1.54) is 51.4 Å². The molecule has 21 heavy (non-hydrogen) atoms. The molecule has 0 aromatic heterocycles. The first kappa shape index (κ1) is 14.3. The molecule has 0 heterocycles. The predicted molar refractivity (Wildman–Crippen MR) is 86.9 cm³/mol. The van der Waals surface area contributed by atoms with E-state index in [9.17, 15) is 5.11 Å². The highest BCUT2D eigenvalue weighted by Crippen LogP contribution is 2.71. The zero-order valence-electron chi connectivity index (χ0n) is 14.1. The van der Waals surface area contributed by atoms with Crippen molar-refractivity contribution in [1.82, 2.24) is 0 Å². The van der Waals surface area contributed by atoms with Crippen molar-refractivity contribution in [2.24, 2.45) is 33.5 Å². The predicted octanol–water partition coefficient (Wildman–Crippen LogP) is 4.95. The second-order valence-corrected chi connectivity index (χ2v) is 9.75. The largest absolute Gasteiger partial charge is 0.396 e. The summed E-state index contributed by atoms with van der Waals surface area (Å²) in [6.45, 7) is 7.82. The van der Waals surface area contributed by atoms with Crippen LogP contribution in [0.2, 0.25) is 0 Å². The lowest BCUT2D eigenvalue weighted by atomic mass is 9.40. The Morgan fingerprint density at radius 3 is 2.48 bits per heavy atom. The van der Waals surface area contributed by atoms with Gasteiger partial charge in [-0.15, -0.1) is 0 Å².